The number of carboxylic acid groups (broad SMARTS) is 1. The first-order chi connectivity index (χ1) is 7.02. The molecule has 7 nitrogen and oxygen atoms in total. The van der Waals surface area contributed by atoms with Gasteiger partial charge >= 0.3 is 5.97 Å². The second kappa shape index (κ2) is 4.86. The second-order valence-electron chi connectivity index (χ2n) is 3.18. The molecule has 0 saturated carbocycles. The number of ether oxygens (including phenoxy) is 3. The van der Waals surface area contributed by atoms with Crippen molar-refractivity contribution in [2.24, 2.45) is 0 Å². The largest absolute Gasteiger partial charge is 0.479 e. The molecule has 1 heterocycles. The fraction of sp³-hybridized carbons (Fsp3) is 0.875. The molecule has 1 rings (SSSR count). The standard InChI is InChI=1S/C8H14O7/c1-13-5-3(9)4(10)8(14-2)15-6(5)7(11)12/h3-6,8-10H,1-2H3,(H,11,12)/t3-,4+,5+,6-,8-/m1/s1. The molecular formula is C8H14O7. The molecule has 0 radical (unpaired) electrons. The van der Waals surface area contributed by atoms with Crippen molar-refractivity contribution in [1.82, 2.24) is 0 Å². The van der Waals surface area contributed by atoms with E-state index in [4.69, 9.17) is 19.3 Å². The summed E-state index contributed by atoms with van der Waals surface area (Å²) in [4.78, 5) is 10.8. The van der Waals surface area contributed by atoms with Crippen LogP contribution in [0.5, 0.6) is 0 Å². The van der Waals surface area contributed by atoms with Crippen LogP contribution in [-0.2, 0) is 19.0 Å². The van der Waals surface area contributed by atoms with Crippen molar-refractivity contribution in [3.8, 4) is 0 Å². The molecule has 0 aliphatic carbocycles. The van der Waals surface area contributed by atoms with E-state index >= 15 is 0 Å². The third-order valence-corrected chi connectivity index (χ3v) is 2.29. The summed E-state index contributed by atoms with van der Waals surface area (Å²) in [6.45, 7) is 0. The molecule has 0 aromatic rings. The lowest BCUT2D eigenvalue weighted by Crippen LogP contribution is -2.60. The van der Waals surface area contributed by atoms with Crippen molar-refractivity contribution < 1.29 is 34.3 Å². The van der Waals surface area contributed by atoms with Crippen molar-refractivity contribution in [2.75, 3.05) is 14.2 Å². The van der Waals surface area contributed by atoms with Crippen molar-refractivity contribution >= 4 is 5.97 Å². The number of aliphatic hydroxyl groups excluding tert-OH is 2. The Morgan fingerprint density at radius 3 is 2.20 bits per heavy atom. The molecule has 1 aliphatic rings. The van der Waals surface area contributed by atoms with Gasteiger partial charge in [-0.25, -0.2) is 4.79 Å². The zero-order valence-corrected chi connectivity index (χ0v) is 8.36. The van der Waals surface area contributed by atoms with Gasteiger partial charge in [0.15, 0.2) is 12.4 Å². The molecule has 1 aliphatic heterocycles. The van der Waals surface area contributed by atoms with Crippen LogP contribution in [0.15, 0.2) is 0 Å². The Bertz CT molecular complexity index is 231. The van der Waals surface area contributed by atoms with Crippen LogP contribution in [0.2, 0.25) is 0 Å². The van der Waals surface area contributed by atoms with Crippen molar-refractivity contribution in [3.05, 3.63) is 0 Å². The fourth-order valence-electron chi connectivity index (χ4n) is 1.49. The van der Waals surface area contributed by atoms with E-state index in [1.807, 2.05) is 0 Å². The first kappa shape index (κ1) is 12.3. The summed E-state index contributed by atoms with van der Waals surface area (Å²) in [6.07, 6.45) is -6.36. The lowest BCUT2D eigenvalue weighted by atomic mass is 9.99. The predicted octanol–water partition coefficient (Wildman–Crippen LogP) is -1.82. The normalized spacial score (nSPS) is 41.5. The van der Waals surface area contributed by atoms with E-state index in [1.54, 1.807) is 0 Å². The van der Waals surface area contributed by atoms with Crippen LogP contribution >= 0.6 is 0 Å². The summed E-state index contributed by atoms with van der Waals surface area (Å²) in [5.74, 6) is -1.28. The van der Waals surface area contributed by atoms with Crippen LogP contribution in [0.25, 0.3) is 0 Å². The maximum absolute atomic E-state index is 10.8. The lowest BCUT2D eigenvalue weighted by molar-refractivity contribution is -0.290. The third-order valence-electron chi connectivity index (χ3n) is 2.29. The molecular weight excluding hydrogens is 208 g/mol. The van der Waals surface area contributed by atoms with Crippen molar-refractivity contribution in [3.63, 3.8) is 0 Å². The van der Waals surface area contributed by atoms with E-state index < -0.39 is 36.7 Å². The summed E-state index contributed by atoms with van der Waals surface area (Å²) in [6, 6.07) is 0. The van der Waals surface area contributed by atoms with Crippen molar-refractivity contribution in [2.45, 2.75) is 30.7 Å². The number of carboxylic acids is 1. The molecule has 0 spiro atoms. The first-order valence-corrected chi connectivity index (χ1v) is 4.33. The number of methoxy groups -OCH3 is 2. The minimum Gasteiger partial charge on any atom is -0.479 e. The number of hydrogen-bond acceptors (Lipinski definition) is 6. The Hall–Kier alpha value is -0.730. The van der Waals surface area contributed by atoms with Gasteiger partial charge in [-0.15, -0.1) is 0 Å². The van der Waals surface area contributed by atoms with E-state index in [9.17, 15) is 15.0 Å². The van der Waals surface area contributed by atoms with Crippen molar-refractivity contribution in [1.29, 1.82) is 0 Å². The molecule has 0 aromatic heterocycles. The lowest BCUT2D eigenvalue weighted by Gasteiger charge is -2.39. The van der Waals surface area contributed by atoms with Gasteiger partial charge in [-0.2, -0.15) is 0 Å². The Kier molecular flexibility index (Phi) is 4.00. The molecule has 15 heavy (non-hydrogen) atoms. The summed E-state index contributed by atoms with van der Waals surface area (Å²) in [7, 11) is 2.47. The number of hydrogen-bond donors (Lipinski definition) is 3. The maximum atomic E-state index is 10.8. The van der Waals surface area contributed by atoms with Gasteiger partial charge in [0.2, 0.25) is 0 Å². The quantitative estimate of drug-likeness (QED) is 0.516. The fourth-order valence-corrected chi connectivity index (χ4v) is 1.49. The number of aliphatic carboxylic acids is 1. The Balaban J connectivity index is 2.84. The van der Waals surface area contributed by atoms with E-state index in [0.29, 0.717) is 0 Å². The summed E-state index contributed by atoms with van der Waals surface area (Å²) in [5, 5.41) is 27.8. The molecule has 3 N–H and O–H groups in total. The van der Waals surface area contributed by atoms with E-state index in [-0.39, 0.29) is 0 Å². The highest BCUT2D eigenvalue weighted by Gasteiger charge is 2.48. The van der Waals surface area contributed by atoms with E-state index in [0.717, 1.165) is 0 Å². The minimum atomic E-state index is -1.37. The molecule has 0 aromatic carbocycles. The second-order valence-corrected chi connectivity index (χ2v) is 3.18. The van der Waals surface area contributed by atoms with Gasteiger partial charge < -0.3 is 29.5 Å². The zero-order chi connectivity index (χ0) is 11.6. The Morgan fingerprint density at radius 1 is 1.20 bits per heavy atom. The molecule has 88 valence electrons. The van der Waals surface area contributed by atoms with Gasteiger partial charge in [-0.1, -0.05) is 0 Å². The average molecular weight is 222 g/mol. The van der Waals surface area contributed by atoms with Crippen LogP contribution in [-0.4, -0.2) is 66.2 Å². The minimum absolute atomic E-state index is 1.12. The molecule has 0 amide bonds. The van der Waals surface area contributed by atoms with Gasteiger partial charge in [-0.05, 0) is 0 Å². The van der Waals surface area contributed by atoms with Gasteiger partial charge in [-0.3, -0.25) is 0 Å². The highest BCUT2D eigenvalue weighted by atomic mass is 16.7. The zero-order valence-electron chi connectivity index (χ0n) is 8.36. The highest BCUT2D eigenvalue weighted by Crippen LogP contribution is 2.23. The summed E-state index contributed by atoms with van der Waals surface area (Å²) < 4.78 is 14.4. The van der Waals surface area contributed by atoms with E-state index in [1.165, 1.54) is 14.2 Å². The molecule has 1 saturated heterocycles. The van der Waals surface area contributed by atoms with Crippen LogP contribution in [0, 0.1) is 0 Å². The van der Waals surface area contributed by atoms with Crippen LogP contribution in [0.3, 0.4) is 0 Å². The molecule has 0 bridgehead atoms. The number of rotatable bonds is 3. The SMILES string of the molecule is CO[C@@H]1O[C@@H](C(=O)O)[C@@H](OC)[C@H](O)[C@@H]1O. The molecule has 5 atom stereocenters. The smallest absolute Gasteiger partial charge is 0.335 e. The van der Waals surface area contributed by atoms with Gasteiger partial charge in [0.05, 0.1) is 0 Å². The van der Waals surface area contributed by atoms with Gasteiger partial charge in [0.1, 0.15) is 18.3 Å². The maximum Gasteiger partial charge on any atom is 0.335 e. The average Bonchev–Trinajstić information content (AvgIpc) is 2.21. The van der Waals surface area contributed by atoms with Gasteiger partial charge in [0.25, 0.3) is 0 Å². The topological polar surface area (TPSA) is 105 Å². The predicted molar refractivity (Wildman–Crippen MR) is 46.1 cm³/mol. The first-order valence-electron chi connectivity index (χ1n) is 4.33. The summed E-state index contributed by atoms with van der Waals surface area (Å²) >= 11 is 0. The molecule has 1 fully saturated rings. The Morgan fingerprint density at radius 2 is 1.80 bits per heavy atom. The van der Waals surface area contributed by atoms with Crippen LogP contribution in [0.1, 0.15) is 0 Å². The third kappa shape index (κ3) is 2.27. The van der Waals surface area contributed by atoms with Crippen LogP contribution in [0.4, 0.5) is 0 Å². The van der Waals surface area contributed by atoms with E-state index in [2.05, 4.69) is 0 Å². The molecule has 0 unspecified atom stereocenters. The monoisotopic (exact) mass is 222 g/mol. The Labute approximate surface area is 86.2 Å². The van der Waals surface area contributed by atoms with Crippen LogP contribution < -0.4 is 0 Å². The number of aliphatic hydroxyl groups is 2. The summed E-state index contributed by atoms with van der Waals surface area (Å²) in [5.41, 5.74) is 0. The molecule has 7 heteroatoms. The van der Waals surface area contributed by atoms with Gasteiger partial charge in [0, 0.05) is 14.2 Å². The number of carbonyl (C=O) groups is 1. The highest BCUT2D eigenvalue weighted by molar-refractivity contribution is 5.73.